The normalized spacial score (nSPS) is 28.0. The minimum atomic E-state index is -0.647. The van der Waals surface area contributed by atoms with E-state index in [-0.39, 0.29) is 11.9 Å². The van der Waals surface area contributed by atoms with E-state index in [1.54, 1.807) is 0 Å². The standard InChI is InChI=1S/C15H15F2N3O/c16-10-4-9(5-11(17)6-10)14-19-15(21-20-14)13-12-3-1-2-8(12)7-18-13/h4-6,8,12-13,18H,1-3,7H2. The molecule has 2 aliphatic rings. The fraction of sp³-hybridized carbons (Fsp3) is 0.467. The zero-order valence-corrected chi connectivity index (χ0v) is 11.4. The summed E-state index contributed by atoms with van der Waals surface area (Å²) >= 11 is 0. The topological polar surface area (TPSA) is 51.0 Å². The Morgan fingerprint density at radius 3 is 2.76 bits per heavy atom. The van der Waals surface area contributed by atoms with Gasteiger partial charge >= 0.3 is 0 Å². The second-order valence-electron chi connectivity index (χ2n) is 5.86. The molecule has 1 aromatic carbocycles. The van der Waals surface area contributed by atoms with Crippen LogP contribution in [0.2, 0.25) is 0 Å². The summed E-state index contributed by atoms with van der Waals surface area (Å²) in [6, 6.07) is 3.31. The van der Waals surface area contributed by atoms with Crippen molar-refractivity contribution in [1.29, 1.82) is 0 Å². The van der Waals surface area contributed by atoms with Crippen molar-refractivity contribution >= 4 is 0 Å². The van der Waals surface area contributed by atoms with Crippen molar-refractivity contribution < 1.29 is 13.3 Å². The van der Waals surface area contributed by atoms with Gasteiger partial charge in [0.15, 0.2) is 0 Å². The molecule has 110 valence electrons. The number of rotatable bonds is 2. The molecule has 2 aromatic rings. The average Bonchev–Trinajstić information content (AvgIpc) is 3.13. The molecule has 4 rings (SSSR count). The van der Waals surface area contributed by atoms with Crippen molar-refractivity contribution in [3.63, 3.8) is 0 Å². The Hall–Kier alpha value is -1.82. The van der Waals surface area contributed by atoms with Crippen LogP contribution >= 0.6 is 0 Å². The molecule has 2 fully saturated rings. The van der Waals surface area contributed by atoms with Crippen LogP contribution in [0.25, 0.3) is 11.4 Å². The maximum Gasteiger partial charge on any atom is 0.244 e. The van der Waals surface area contributed by atoms with E-state index in [1.165, 1.54) is 25.0 Å². The Bertz CT molecular complexity index is 652. The summed E-state index contributed by atoms with van der Waals surface area (Å²) in [5, 5.41) is 7.29. The number of fused-ring (bicyclic) bond motifs is 1. The van der Waals surface area contributed by atoms with Crippen LogP contribution in [0.1, 0.15) is 31.2 Å². The SMILES string of the molecule is Fc1cc(F)cc(-c2noc(C3NCC4CCCC43)n2)c1. The van der Waals surface area contributed by atoms with Crippen molar-refractivity contribution in [2.24, 2.45) is 11.8 Å². The van der Waals surface area contributed by atoms with Gasteiger partial charge < -0.3 is 9.84 Å². The first-order chi connectivity index (χ1) is 10.2. The van der Waals surface area contributed by atoms with Gasteiger partial charge in [0.1, 0.15) is 11.6 Å². The number of halogens is 2. The Morgan fingerprint density at radius 1 is 1.14 bits per heavy atom. The maximum atomic E-state index is 13.3. The third kappa shape index (κ3) is 2.23. The molecule has 3 unspecified atom stereocenters. The minimum Gasteiger partial charge on any atom is -0.337 e. The van der Waals surface area contributed by atoms with Crippen LogP contribution in [0.15, 0.2) is 22.7 Å². The van der Waals surface area contributed by atoms with Crippen LogP contribution in [-0.4, -0.2) is 16.7 Å². The van der Waals surface area contributed by atoms with Gasteiger partial charge in [0.05, 0.1) is 6.04 Å². The van der Waals surface area contributed by atoms with Gasteiger partial charge in [-0.25, -0.2) is 8.78 Å². The largest absolute Gasteiger partial charge is 0.337 e. The highest BCUT2D eigenvalue weighted by atomic mass is 19.1. The molecule has 6 heteroatoms. The quantitative estimate of drug-likeness (QED) is 0.924. The summed E-state index contributed by atoms with van der Waals surface area (Å²) in [4.78, 5) is 4.33. The number of benzene rings is 1. The van der Waals surface area contributed by atoms with E-state index in [0.717, 1.165) is 19.0 Å². The second-order valence-corrected chi connectivity index (χ2v) is 5.86. The molecular weight excluding hydrogens is 276 g/mol. The van der Waals surface area contributed by atoms with E-state index in [4.69, 9.17) is 4.52 Å². The van der Waals surface area contributed by atoms with E-state index in [2.05, 4.69) is 15.5 Å². The molecule has 0 bridgehead atoms. The average molecular weight is 291 g/mol. The molecule has 1 aliphatic carbocycles. The molecule has 0 amide bonds. The fourth-order valence-electron chi connectivity index (χ4n) is 3.62. The van der Waals surface area contributed by atoms with Gasteiger partial charge in [-0.15, -0.1) is 0 Å². The summed E-state index contributed by atoms with van der Waals surface area (Å²) in [6.07, 6.45) is 3.64. The van der Waals surface area contributed by atoms with Crippen molar-refractivity contribution in [2.45, 2.75) is 25.3 Å². The predicted molar refractivity (Wildman–Crippen MR) is 71.2 cm³/mol. The molecule has 1 saturated heterocycles. The van der Waals surface area contributed by atoms with E-state index < -0.39 is 11.6 Å². The summed E-state index contributed by atoms with van der Waals surface area (Å²) in [7, 11) is 0. The predicted octanol–water partition coefficient (Wildman–Crippen LogP) is 3.08. The van der Waals surface area contributed by atoms with Crippen LogP contribution in [0, 0.1) is 23.5 Å². The molecule has 0 radical (unpaired) electrons. The fourth-order valence-corrected chi connectivity index (χ4v) is 3.62. The Kier molecular flexibility index (Phi) is 2.99. The van der Waals surface area contributed by atoms with Gasteiger partial charge in [0, 0.05) is 11.6 Å². The second kappa shape index (κ2) is 4.87. The number of hydrogen-bond donors (Lipinski definition) is 1. The first kappa shape index (κ1) is 12.9. The van der Waals surface area contributed by atoms with Crippen LogP contribution in [0.4, 0.5) is 8.78 Å². The molecule has 1 N–H and O–H groups in total. The summed E-state index contributed by atoms with van der Waals surface area (Å²) in [5.41, 5.74) is 0.295. The Morgan fingerprint density at radius 2 is 1.95 bits per heavy atom. The third-order valence-electron chi connectivity index (χ3n) is 4.57. The highest BCUT2D eigenvalue weighted by molar-refractivity contribution is 5.54. The smallest absolute Gasteiger partial charge is 0.244 e. The van der Waals surface area contributed by atoms with Crippen LogP contribution in [0.3, 0.4) is 0 Å². The molecule has 4 nitrogen and oxygen atoms in total. The van der Waals surface area contributed by atoms with E-state index in [0.29, 0.717) is 23.3 Å². The molecule has 0 spiro atoms. The molecule has 1 aromatic heterocycles. The van der Waals surface area contributed by atoms with E-state index >= 15 is 0 Å². The highest BCUT2D eigenvalue weighted by Gasteiger charge is 2.42. The third-order valence-corrected chi connectivity index (χ3v) is 4.57. The number of nitrogens with one attached hydrogen (secondary N) is 1. The maximum absolute atomic E-state index is 13.3. The first-order valence-electron chi connectivity index (χ1n) is 7.24. The molecule has 1 saturated carbocycles. The van der Waals surface area contributed by atoms with E-state index in [9.17, 15) is 8.78 Å². The molecule has 3 atom stereocenters. The molecular formula is C15H15F2N3O. The van der Waals surface area contributed by atoms with Gasteiger partial charge in [-0.1, -0.05) is 11.6 Å². The molecule has 1 aliphatic heterocycles. The lowest BCUT2D eigenvalue weighted by atomic mass is 9.94. The van der Waals surface area contributed by atoms with Gasteiger partial charge in [-0.05, 0) is 43.4 Å². The number of hydrogen-bond acceptors (Lipinski definition) is 4. The van der Waals surface area contributed by atoms with Gasteiger partial charge in [-0.3, -0.25) is 0 Å². The van der Waals surface area contributed by atoms with Crippen LogP contribution < -0.4 is 5.32 Å². The van der Waals surface area contributed by atoms with Crippen molar-refractivity contribution in [1.82, 2.24) is 15.5 Å². The van der Waals surface area contributed by atoms with Gasteiger partial charge in [-0.2, -0.15) is 4.98 Å². The Balaban J connectivity index is 1.63. The summed E-state index contributed by atoms with van der Waals surface area (Å²) in [5.74, 6) is 0.660. The lowest BCUT2D eigenvalue weighted by Crippen LogP contribution is -2.18. The lowest BCUT2D eigenvalue weighted by Gasteiger charge is -2.13. The van der Waals surface area contributed by atoms with Crippen molar-refractivity contribution in [2.75, 3.05) is 6.54 Å². The lowest BCUT2D eigenvalue weighted by molar-refractivity contribution is 0.302. The number of nitrogens with zero attached hydrogens (tertiary/aromatic N) is 2. The minimum absolute atomic E-state index is 0.0668. The Labute approximate surface area is 120 Å². The summed E-state index contributed by atoms with van der Waals surface area (Å²) in [6.45, 7) is 0.974. The van der Waals surface area contributed by atoms with E-state index in [1.807, 2.05) is 0 Å². The zero-order chi connectivity index (χ0) is 14.4. The van der Waals surface area contributed by atoms with Crippen LogP contribution in [0.5, 0.6) is 0 Å². The highest BCUT2D eigenvalue weighted by Crippen LogP contribution is 2.44. The molecule has 2 heterocycles. The van der Waals surface area contributed by atoms with Crippen molar-refractivity contribution in [3.05, 3.63) is 35.7 Å². The summed E-state index contributed by atoms with van der Waals surface area (Å²) < 4.78 is 31.8. The first-order valence-corrected chi connectivity index (χ1v) is 7.24. The zero-order valence-electron chi connectivity index (χ0n) is 11.4. The van der Waals surface area contributed by atoms with Crippen molar-refractivity contribution in [3.8, 4) is 11.4 Å². The van der Waals surface area contributed by atoms with Crippen LogP contribution in [-0.2, 0) is 0 Å². The number of aromatic nitrogens is 2. The van der Waals surface area contributed by atoms with Gasteiger partial charge in [0.2, 0.25) is 11.7 Å². The monoisotopic (exact) mass is 291 g/mol. The molecule has 21 heavy (non-hydrogen) atoms. The van der Waals surface area contributed by atoms with Gasteiger partial charge in [0.25, 0.3) is 0 Å².